The van der Waals surface area contributed by atoms with E-state index in [4.69, 9.17) is 23.9 Å². The summed E-state index contributed by atoms with van der Waals surface area (Å²) < 4.78 is 26.8. The van der Waals surface area contributed by atoms with Gasteiger partial charge in [-0.15, -0.1) is 0 Å². The number of amides is 2. The fraction of sp³-hybridized carbons (Fsp3) is 0.636. The Hall–Kier alpha value is -4.36. The summed E-state index contributed by atoms with van der Waals surface area (Å²) in [7, 11) is 1.82. The van der Waals surface area contributed by atoms with Crippen LogP contribution in [0.2, 0.25) is 0 Å². The summed E-state index contributed by atoms with van der Waals surface area (Å²) in [4.78, 5) is 46.9. The van der Waals surface area contributed by atoms with E-state index in [1.807, 2.05) is 54.8 Å². The molecule has 0 aromatic carbocycles. The van der Waals surface area contributed by atoms with E-state index in [1.54, 1.807) is 37.5 Å². The smallest absolute Gasteiger partial charge is 0.410 e. The summed E-state index contributed by atoms with van der Waals surface area (Å²) >= 11 is 0. The van der Waals surface area contributed by atoms with Crippen LogP contribution in [0.25, 0.3) is 16.8 Å². The minimum absolute atomic E-state index is 0.130. The normalized spacial score (nSPS) is 19.6. The average molecular weight is 654 g/mol. The highest BCUT2D eigenvalue weighted by Crippen LogP contribution is 2.28. The number of aryl methyl sites for hydroxylation is 1. The zero-order chi connectivity index (χ0) is 33.9. The molecule has 0 aliphatic carbocycles. The highest BCUT2D eigenvalue weighted by atomic mass is 16.6. The predicted molar refractivity (Wildman–Crippen MR) is 172 cm³/mol. The summed E-state index contributed by atoms with van der Waals surface area (Å²) in [5, 5.41) is 8.83. The van der Waals surface area contributed by atoms with Crippen molar-refractivity contribution in [2.24, 2.45) is 7.05 Å². The molecule has 3 aromatic rings. The number of hydrogen-bond acceptors (Lipinski definition) is 10. The number of carbonyl (C=O) groups excluding carboxylic acids is 3. The van der Waals surface area contributed by atoms with Crippen molar-refractivity contribution in [2.45, 2.75) is 103 Å². The van der Waals surface area contributed by atoms with Crippen molar-refractivity contribution < 1.29 is 33.3 Å². The molecule has 2 aliphatic heterocycles. The van der Waals surface area contributed by atoms with Gasteiger partial charge in [0.25, 0.3) is 0 Å². The Morgan fingerprint density at radius 1 is 0.809 bits per heavy atom. The third-order valence-electron chi connectivity index (χ3n) is 7.84. The van der Waals surface area contributed by atoms with Crippen LogP contribution in [0.3, 0.4) is 0 Å². The topological polar surface area (TPSA) is 143 Å². The number of nitrogens with zero attached hydrogens (tertiary/aromatic N) is 7. The van der Waals surface area contributed by atoms with E-state index < -0.39 is 17.2 Å². The maximum Gasteiger partial charge on any atom is 0.410 e. The zero-order valence-corrected chi connectivity index (χ0v) is 28.5. The second kappa shape index (κ2) is 13.8. The van der Waals surface area contributed by atoms with Gasteiger partial charge in [0.05, 0.1) is 18.1 Å². The molecule has 5 heterocycles. The van der Waals surface area contributed by atoms with Gasteiger partial charge in [0.1, 0.15) is 28.9 Å². The van der Waals surface area contributed by atoms with Crippen molar-refractivity contribution in [3.63, 3.8) is 0 Å². The van der Waals surface area contributed by atoms with E-state index in [2.05, 4.69) is 10.2 Å². The highest BCUT2D eigenvalue weighted by Gasteiger charge is 2.29. The molecule has 3 aromatic heterocycles. The lowest BCUT2D eigenvalue weighted by Gasteiger charge is -2.26. The number of carbonyl (C=O) groups is 3. The van der Waals surface area contributed by atoms with Crippen molar-refractivity contribution in [1.29, 1.82) is 0 Å². The van der Waals surface area contributed by atoms with Gasteiger partial charge in [-0.3, -0.25) is 4.68 Å². The number of esters is 1. The summed E-state index contributed by atoms with van der Waals surface area (Å²) in [6.45, 7) is 13.1. The van der Waals surface area contributed by atoms with Crippen LogP contribution in [0.15, 0.2) is 24.7 Å². The molecule has 2 saturated heterocycles. The number of aromatic nitrogens is 5. The minimum atomic E-state index is -0.580. The molecular formula is C33H47N7O7. The Morgan fingerprint density at radius 3 is 1.98 bits per heavy atom. The molecule has 5 rings (SSSR count). The van der Waals surface area contributed by atoms with E-state index in [0.717, 1.165) is 18.4 Å². The molecule has 47 heavy (non-hydrogen) atoms. The standard InChI is InChI=1S/C33H47N7O7/c1-32(2,3)46-30(42)38-14-8-10-23(12-16-38)44-28-27-18-25(36-40(27)21-26(35-28)22-19-34-37(7)20-22)29(41)45-24-11-9-15-39(17-13-24)31(43)47-33(4,5)6/h18-21,23-24H,8-17H2,1-7H3/t23-,24-/m1/s1. The number of rotatable bonds is 5. The van der Waals surface area contributed by atoms with E-state index in [0.29, 0.717) is 69.0 Å². The molecule has 14 heteroatoms. The first kappa shape index (κ1) is 34.0. The quantitative estimate of drug-likeness (QED) is 0.265. The van der Waals surface area contributed by atoms with Gasteiger partial charge in [0.15, 0.2) is 5.69 Å². The number of fused-ring (bicyclic) bond motifs is 1. The van der Waals surface area contributed by atoms with Crippen molar-refractivity contribution in [2.75, 3.05) is 26.2 Å². The minimum Gasteiger partial charge on any atom is -0.473 e. The van der Waals surface area contributed by atoms with Crippen molar-refractivity contribution in [3.8, 4) is 17.1 Å². The van der Waals surface area contributed by atoms with E-state index in [1.165, 1.54) is 0 Å². The highest BCUT2D eigenvalue weighted by molar-refractivity contribution is 5.89. The molecule has 2 atom stereocenters. The third kappa shape index (κ3) is 9.13. The predicted octanol–water partition coefficient (Wildman–Crippen LogP) is 5.24. The Balaban J connectivity index is 1.32. The zero-order valence-electron chi connectivity index (χ0n) is 28.5. The fourth-order valence-corrected chi connectivity index (χ4v) is 5.60. The first-order valence-electron chi connectivity index (χ1n) is 16.4. The Morgan fingerprint density at radius 2 is 1.40 bits per heavy atom. The molecule has 2 fully saturated rings. The lowest BCUT2D eigenvalue weighted by atomic mass is 10.1. The van der Waals surface area contributed by atoms with Gasteiger partial charge in [0, 0.05) is 63.9 Å². The van der Waals surface area contributed by atoms with E-state index in [9.17, 15) is 14.4 Å². The molecule has 0 N–H and O–H groups in total. The van der Waals surface area contributed by atoms with Gasteiger partial charge < -0.3 is 28.7 Å². The fourth-order valence-electron chi connectivity index (χ4n) is 5.60. The second-order valence-electron chi connectivity index (χ2n) is 14.3. The first-order chi connectivity index (χ1) is 22.1. The van der Waals surface area contributed by atoms with Gasteiger partial charge >= 0.3 is 18.2 Å². The molecule has 2 amide bonds. The van der Waals surface area contributed by atoms with Crippen molar-refractivity contribution >= 4 is 23.7 Å². The lowest BCUT2D eigenvalue weighted by molar-refractivity contribution is 0.0206. The molecule has 14 nitrogen and oxygen atoms in total. The number of ether oxygens (including phenoxy) is 4. The maximum absolute atomic E-state index is 13.4. The second-order valence-corrected chi connectivity index (χ2v) is 14.3. The van der Waals surface area contributed by atoms with Gasteiger partial charge in [-0.2, -0.15) is 10.2 Å². The molecule has 0 saturated carbocycles. The van der Waals surface area contributed by atoms with Gasteiger partial charge in [-0.25, -0.2) is 23.9 Å². The van der Waals surface area contributed by atoms with Gasteiger partial charge in [-0.05, 0) is 67.2 Å². The van der Waals surface area contributed by atoms with E-state index in [-0.39, 0.29) is 30.1 Å². The summed E-state index contributed by atoms with van der Waals surface area (Å²) in [6, 6.07) is 1.63. The molecule has 256 valence electrons. The molecule has 0 bridgehead atoms. The van der Waals surface area contributed by atoms with Crippen LogP contribution in [0.4, 0.5) is 9.59 Å². The molecule has 0 unspecified atom stereocenters. The van der Waals surface area contributed by atoms with Crippen LogP contribution < -0.4 is 4.74 Å². The summed E-state index contributed by atoms with van der Waals surface area (Å²) in [5.74, 6) is -0.225. The van der Waals surface area contributed by atoms with Crippen LogP contribution in [-0.2, 0) is 21.3 Å². The first-order valence-corrected chi connectivity index (χ1v) is 16.4. The van der Waals surface area contributed by atoms with Crippen LogP contribution in [0, 0.1) is 0 Å². The van der Waals surface area contributed by atoms with Crippen LogP contribution in [-0.4, -0.2) is 102 Å². The van der Waals surface area contributed by atoms with Crippen LogP contribution >= 0.6 is 0 Å². The van der Waals surface area contributed by atoms with Crippen molar-refractivity contribution in [1.82, 2.24) is 34.2 Å². The molecule has 2 aliphatic rings. The lowest BCUT2D eigenvalue weighted by Crippen LogP contribution is -2.37. The van der Waals surface area contributed by atoms with E-state index >= 15 is 0 Å². The SMILES string of the molecule is Cn1cc(-c2cn3nc(C(=O)O[C@@H]4CCCN(C(=O)OC(C)(C)C)CC4)cc3c(O[C@@H]3CCCN(C(=O)OC(C)(C)C)CC3)n2)cn1. The molecule has 0 spiro atoms. The number of likely N-dealkylation sites (tertiary alicyclic amines) is 2. The van der Waals surface area contributed by atoms with Crippen LogP contribution in [0.5, 0.6) is 5.88 Å². The largest absolute Gasteiger partial charge is 0.473 e. The monoisotopic (exact) mass is 653 g/mol. The Labute approximate surface area is 275 Å². The maximum atomic E-state index is 13.4. The van der Waals surface area contributed by atoms with Crippen molar-refractivity contribution in [3.05, 3.63) is 30.4 Å². The Bertz CT molecular complexity index is 1590. The Kier molecular flexibility index (Phi) is 9.97. The van der Waals surface area contributed by atoms with Gasteiger partial charge in [-0.1, -0.05) is 0 Å². The van der Waals surface area contributed by atoms with Gasteiger partial charge in [0.2, 0.25) is 5.88 Å². The number of hydrogen-bond donors (Lipinski definition) is 0. The molecule has 0 radical (unpaired) electrons. The summed E-state index contributed by atoms with van der Waals surface area (Å²) in [6.07, 6.45) is 7.87. The molecular weight excluding hydrogens is 606 g/mol. The van der Waals surface area contributed by atoms with Crippen LogP contribution in [0.1, 0.15) is 90.6 Å². The average Bonchev–Trinajstić information content (AvgIpc) is 3.43. The third-order valence-corrected chi connectivity index (χ3v) is 7.84. The summed E-state index contributed by atoms with van der Waals surface area (Å²) in [5.41, 5.74) is 0.852.